The van der Waals surface area contributed by atoms with Crippen molar-refractivity contribution >= 4 is 29.9 Å². The highest BCUT2D eigenvalue weighted by atomic mass is 127. The standard InChI is InChI=1S/C16H27N3O.HI/c1-13(2)12-19-16(17)18-10-4-5-11-20-15-8-6-14(3)7-9-15;/h6-9,13H,4-5,10-12H2,1-3H3,(H3,17,18,19);1H. The first kappa shape index (κ1) is 20.0. The van der Waals surface area contributed by atoms with Gasteiger partial charge in [-0.2, -0.15) is 0 Å². The second-order valence-electron chi connectivity index (χ2n) is 5.42. The molecular formula is C16H28IN3O. The van der Waals surface area contributed by atoms with E-state index in [1.165, 1.54) is 5.56 Å². The molecule has 1 aromatic carbocycles. The minimum Gasteiger partial charge on any atom is -0.494 e. The number of nitrogens with one attached hydrogen (secondary N) is 1. The lowest BCUT2D eigenvalue weighted by Crippen LogP contribution is -2.33. The van der Waals surface area contributed by atoms with Crippen LogP contribution in [0.4, 0.5) is 0 Å². The van der Waals surface area contributed by atoms with Crippen molar-refractivity contribution in [1.82, 2.24) is 5.32 Å². The molecule has 0 aromatic heterocycles. The van der Waals surface area contributed by atoms with Gasteiger partial charge in [0.15, 0.2) is 5.96 Å². The molecule has 0 aliphatic carbocycles. The Morgan fingerprint density at radius 1 is 1.24 bits per heavy atom. The SMILES string of the molecule is Cc1ccc(OCCCCNC(N)=NCC(C)C)cc1.I. The molecule has 1 aromatic rings. The third-order valence-corrected chi connectivity index (χ3v) is 2.79. The van der Waals surface area contributed by atoms with Crippen LogP contribution in [0.25, 0.3) is 0 Å². The van der Waals surface area contributed by atoms with Crippen LogP contribution in [0.5, 0.6) is 5.75 Å². The number of guanidine groups is 1. The van der Waals surface area contributed by atoms with Crippen LogP contribution < -0.4 is 15.8 Å². The Morgan fingerprint density at radius 2 is 1.90 bits per heavy atom. The Labute approximate surface area is 145 Å². The lowest BCUT2D eigenvalue weighted by atomic mass is 10.2. The fourth-order valence-electron chi connectivity index (χ4n) is 1.60. The summed E-state index contributed by atoms with van der Waals surface area (Å²) in [5.74, 6) is 2.01. The maximum absolute atomic E-state index is 5.75. The Kier molecular flexibility index (Phi) is 11.1. The predicted molar refractivity (Wildman–Crippen MR) is 101 cm³/mol. The maximum Gasteiger partial charge on any atom is 0.188 e. The molecule has 1 rings (SSSR count). The van der Waals surface area contributed by atoms with Gasteiger partial charge in [0.25, 0.3) is 0 Å². The van der Waals surface area contributed by atoms with Gasteiger partial charge in [0, 0.05) is 13.1 Å². The number of hydrogen-bond donors (Lipinski definition) is 2. The molecule has 120 valence electrons. The number of ether oxygens (including phenoxy) is 1. The molecule has 0 fully saturated rings. The fraction of sp³-hybridized carbons (Fsp3) is 0.562. The molecule has 0 heterocycles. The number of rotatable bonds is 8. The largest absolute Gasteiger partial charge is 0.494 e. The summed E-state index contributed by atoms with van der Waals surface area (Å²) in [6, 6.07) is 8.12. The molecule has 4 nitrogen and oxygen atoms in total. The van der Waals surface area contributed by atoms with E-state index in [0.717, 1.165) is 38.3 Å². The van der Waals surface area contributed by atoms with Gasteiger partial charge in [-0.3, -0.25) is 4.99 Å². The number of unbranched alkanes of at least 4 members (excludes halogenated alkanes) is 1. The van der Waals surface area contributed by atoms with Crippen LogP contribution >= 0.6 is 24.0 Å². The summed E-state index contributed by atoms with van der Waals surface area (Å²) in [5.41, 5.74) is 7.00. The molecule has 0 radical (unpaired) electrons. The molecule has 0 aliphatic heterocycles. The van der Waals surface area contributed by atoms with E-state index in [9.17, 15) is 0 Å². The van der Waals surface area contributed by atoms with Gasteiger partial charge in [-0.1, -0.05) is 31.5 Å². The lowest BCUT2D eigenvalue weighted by Gasteiger charge is -2.08. The van der Waals surface area contributed by atoms with Gasteiger partial charge in [0.1, 0.15) is 5.75 Å². The van der Waals surface area contributed by atoms with E-state index < -0.39 is 0 Å². The van der Waals surface area contributed by atoms with Crippen molar-refractivity contribution < 1.29 is 4.74 Å². The monoisotopic (exact) mass is 405 g/mol. The zero-order valence-corrected chi connectivity index (χ0v) is 15.6. The van der Waals surface area contributed by atoms with Crippen molar-refractivity contribution in [3.8, 4) is 5.75 Å². The Balaban J connectivity index is 0.00000400. The first-order valence-corrected chi connectivity index (χ1v) is 7.31. The summed E-state index contributed by atoms with van der Waals surface area (Å²) < 4.78 is 5.66. The topological polar surface area (TPSA) is 59.6 Å². The molecular weight excluding hydrogens is 377 g/mol. The highest BCUT2D eigenvalue weighted by molar-refractivity contribution is 14.0. The third-order valence-electron chi connectivity index (χ3n) is 2.79. The van der Waals surface area contributed by atoms with Crippen LogP contribution in [0.2, 0.25) is 0 Å². The van der Waals surface area contributed by atoms with E-state index in [2.05, 4.69) is 43.2 Å². The zero-order chi connectivity index (χ0) is 14.8. The minimum absolute atomic E-state index is 0. The van der Waals surface area contributed by atoms with E-state index in [1.54, 1.807) is 0 Å². The molecule has 21 heavy (non-hydrogen) atoms. The van der Waals surface area contributed by atoms with E-state index in [0.29, 0.717) is 11.9 Å². The fourth-order valence-corrected chi connectivity index (χ4v) is 1.60. The quantitative estimate of drug-likeness (QED) is 0.302. The average Bonchev–Trinajstić information content (AvgIpc) is 2.42. The van der Waals surface area contributed by atoms with Gasteiger partial charge in [-0.05, 0) is 37.8 Å². The summed E-state index contributed by atoms with van der Waals surface area (Å²) in [6.45, 7) is 8.66. The van der Waals surface area contributed by atoms with Crippen LogP contribution in [0.3, 0.4) is 0 Å². The molecule has 0 bridgehead atoms. The molecule has 0 aliphatic rings. The molecule has 0 saturated carbocycles. The van der Waals surface area contributed by atoms with E-state index >= 15 is 0 Å². The number of aliphatic imine (C=N–C) groups is 1. The maximum atomic E-state index is 5.75. The van der Waals surface area contributed by atoms with Crippen LogP contribution in [0.1, 0.15) is 32.3 Å². The van der Waals surface area contributed by atoms with Crippen molar-refractivity contribution in [3.63, 3.8) is 0 Å². The highest BCUT2D eigenvalue weighted by Crippen LogP contribution is 2.11. The van der Waals surface area contributed by atoms with Crippen LogP contribution in [0.15, 0.2) is 29.3 Å². The summed E-state index contributed by atoms with van der Waals surface area (Å²) in [6.07, 6.45) is 2.02. The van der Waals surface area contributed by atoms with Gasteiger partial charge >= 0.3 is 0 Å². The molecule has 0 spiro atoms. The second-order valence-corrected chi connectivity index (χ2v) is 5.42. The predicted octanol–water partition coefficient (Wildman–Crippen LogP) is 3.33. The van der Waals surface area contributed by atoms with Gasteiger partial charge < -0.3 is 15.8 Å². The number of nitrogens with two attached hydrogens (primary N) is 1. The number of hydrogen-bond acceptors (Lipinski definition) is 2. The molecule has 0 saturated heterocycles. The summed E-state index contributed by atoms with van der Waals surface area (Å²) in [4.78, 5) is 4.25. The Morgan fingerprint density at radius 3 is 2.52 bits per heavy atom. The van der Waals surface area contributed by atoms with E-state index in [1.807, 2.05) is 12.1 Å². The smallest absolute Gasteiger partial charge is 0.188 e. The van der Waals surface area contributed by atoms with Gasteiger partial charge in [-0.25, -0.2) is 0 Å². The van der Waals surface area contributed by atoms with Crippen molar-refractivity contribution in [2.24, 2.45) is 16.6 Å². The van der Waals surface area contributed by atoms with Gasteiger partial charge in [-0.15, -0.1) is 24.0 Å². The van der Waals surface area contributed by atoms with Crippen LogP contribution in [-0.4, -0.2) is 25.7 Å². The Hall–Kier alpha value is -0.980. The number of aryl methyl sites for hydroxylation is 1. The summed E-state index contributed by atoms with van der Waals surface area (Å²) in [5, 5.41) is 3.12. The number of benzene rings is 1. The number of nitrogens with zero attached hydrogens (tertiary/aromatic N) is 1. The summed E-state index contributed by atoms with van der Waals surface area (Å²) >= 11 is 0. The first-order valence-electron chi connectivity index (χ1n) is 7.31. The van der Waals surface area contributed by atoms with Crippen LogP contribution in [0, 0.1) is 12.8 Å². The van der Waals surface area contributed by atoms with Crippen molar-refractivity contribution in [1.29, 1.82) is 0 Å². The normalized spacial score (nSPS) is 11.1. The van der Waals surface area contributed by atoms with Gasteiger partial charge in [0.05, 0.1) is 6.61 Å². The molecule has 5 heteroatoms. The molecule has 0 atom stereocenters. The van der Waals surface area contributed by atoms with E-state index in [4.69, 9.17) is 10.5 Å². The third kappa shape index (κ3) is 10.4. The molecule has 3 N–H and O–H groups in total. The molecule has 0 amide bonds. The average molecular weight is 405 g/mol. The van der Waals surface area contributed by atoms with Gasteiger partial charge in [0.2, 0.25) is 0 Å². The molecule has 0 unspecified atom stereocenters. The van der Waals surface area contributed by atoms with Crippen molar-refractivity contribution in [2.75, 3.05) is 19.7 Å². The van der Waals surface area contributed by atoms with E-state index in [-0.39, 0.29) is 24.0 Å². The first-order chi connectivity index (χ1) is 9.58. The lowest BCUT2D eigenvalue weighted by molar-refractivity contribution is 0.307. The Bertz CT molecular complexity index is 404. The van der Waals surface area contributed by atoms with Crippen LogP contribution in [-0.2, 0) is 0 Å². The second kappa shape index (κ2) is 11.7. The van der Waals surface area contributed by atoms with Crippen molar-refractivity contribution in [2.45, 2.75) is 33.6 Å². The highest BCUT2D eigenvalue weighted by Gasteiger charge is 1.96. The summed E-state index contributed by atoms with van der Waals surface area (Å²) in [7, 11) is 0. The van der Waals surface area contributed by atoms with Crippen molar-refractivity contribution in [3.05, 3.63) is 29.8 Å². The zero-order valence-electron chi connectivity index (χ0n) is 13.3. The number of halogens is 1. The minimum atomic E-state index is 0.